The SMILES string of the molecule is CCCN(Cc1nc(-c2ccccc2)no1)C1CCNCC1.Cl. The van der Waals surface area contributed by atoms with E-state index in [2.05, 4.69) is 27.3 Å². The van der Waals surface area contributed by atoms with Crippen molar-refractivity contribution in [3.63, 3.8) is 0 Å². The highest BCUT2D eigenvalue weighted by atomic mass is 35.5. The predicted octanol–water partition coefficient (Wildman–Crippen LogP) is 3.12. The van der Waals surface area contributed by atoms with Gasteiger partial charge in [0.05, 0.1) is 6.54 Å². The molecule has 1 fully saturated rings. The van der Waals surface area contributed by atoms with Gasteiger partial charge in [-0.3, -0.25) is 4.90 Å². The van der Waals surface area contributed by atoms with Crippen LogP contribution in [0.3, 0.4) is 0 Å². The molecule has 1 aliphatic rings. The van der Waals surface area contributed by atoms with Gasteiger partial charge >= 0.3 is 0 Å². The predicted molar refractivity (Wildman–Crippen MR) is 93.6 cm³/mol. The third kappa shape index (κ3) is 4.77. The van der Waals surface area contributed by atoms with Crippen LogP contribution in [-0.4, -0.2) is 40.7 Å². The van der Waals surface area contributed by atoms with Crippen molar-refractivity contribution in [1.29, 1.82) is 0 Å². The number of aromatic nitrogens is 2. The summed E-state index contributed by atoms with van der Waals surface area (Å²) in [4.78, 5) is 7.05. The molecular formula is C17H25ClN4O. The van der Waals surface area contributed by atoms with Gasteiger partial charge in [0.25, 0.3) is 0 Å². The molecule has 1 aromatic heterocycles. The standard InChI is InChI=1S/C17H24N4O.ClH/c1-2-12-21(15-8-10-18-11-9-15)13-16-19-17(20-22-16)14-6-4-3-5-7-14;/h3-7,15,18H,2,8-13H2,1H3;1H. The number of hydrogen-bond donors (Lipinski definition) is 1. The first kappa shape index (κ1) is 17.9. The van der Waals surface area contributed by atoms with Crippen LogP contribution in [0.4, 0.5) is 0 Å². The first-order valence-corrected chi connectivity index (χ1v) is 8.19. The van der Waals surface area contributed by atoms with Gasteiger partial charge in [-0.05, 0) is 38.9 Å². The zero-order valence-electron chi connectivity index (χ0n) is 13.6. The maximum absolute atomic E-state index is 5.47. The lowest BCUT2D eigenvalue weighted by atomic mass is 10.0. The molecule has 0 radical (unpaired) electrons. The highest BCUT2D eigenvalue weighted by Gasteiger charge is 2.22. The van der Waals surface area contributed by atoms with Crippen LogP contribution in [0, 0.1) is 0 Å². The zero-order chi connectivity index (χ0) is 15.2. The van der Waals surface area contributed by atoms with E-state index in [0.717, 1.165) is 38.2 Å². The molecule has 1 saturated heterocycles. The smallest absolute Gasteiger partial charge is 0.241 e. The molecule has 0 aliphatic carbocycles. The maximum Gasteiger partial charge on any atom is 0.241 e. The van der Waals surface area contributed by atoms with Crippen molar-refractivity contribution in [2.24, 2.45) is 0 Å². The minimum absolute atomic E-state index is 0. The summed E-state index contributed by atoms with van der Waals surface area (Å²) in [5.41, 5.74) is 1.00. The van der Waals surface area contributed by atoms with Gasteiger partial charge in [-0.25, -0.2) is 0 Å². The van der Waals surface area contributed by atoms with Crippen molar-refractivity contribution >= 4 is 12.4 Å². The van der Waals surface area contributed by atoms with E-state index in [9.17, 15) is 0 Å². The van der Waals surface area contributed by atoms with Gasteiger partial charge in [0.1, 0.15) is 0 Å². The Morgan fingerprint density at radius 2 is 1.96 bits per heavy atom. The fourth-order valence-corrected chi connectivity index (χ4v) is 3.05. The second kappa shape index (κ2) is 9.01. The Bertz CT molecular complexity index is 569. The summed E-state index contributed by atoms with van der Waals surface area (Å²) in [6, 6.07) is 10.6. The number of hydrogen-bond acceptors (Lipinski definition) is 5. The average Bonchev–Trinajstić information content (AvgIpc) is 3.05. The summed E-state index contributed by atoms with van der Waals surface area (Å²) in [5.74, 6) is 1.39. The van der Waals surface area contributed by atoms with Gasteiger partial charge in [0, 0.05) is 11.6 Å². The molecule has 0 unspecified atom stereocenters. The summed E-state index contributed by atoms with van der Waals surface area (Å²) in [7, 11) is 0. The minimum Gasteiger partial charge on any atom is -0.338 e. The Morgan fingerprint density at radius 3 is 2.65 bits per heavy atom. The summed E-state index contributed by atoms with van der Waals surface area (Å²) >= 11 is 0. The van der Waals surface area contributed by atoms with E-state index in [-0.39, 0.29) is 12.4 Å². The van der Waals surface area contributed by atoms with Crippen molar-refractivity contribution in [3.8, 4) is 11.4 Å². The summed E-state index contributed by atoms with van der Waals surface area (Å²) in [5, 5.41) is 7.54. The highest BCUT2D eigenvalue weighted by Crippen LogP contribution is 2.18. The van der Waals surface area contributed by atoms with Crippen LogP contribution >= 0.6 is 12.4 Å². The number of nitrogens with one attached hydrogen (secondary N) is 1. The van der Waals surface area contributed by atoms with Crippen LogP contribution in [-0.2, 0) is 6.54 Å². The normalized spacial score (nSPS) is 15.6. The Kier molecular flexibility index (Phi) is 7.02. The van der Waals surface area contributed by atoms with E-state index >= 15 is 0 Å². The van der Waals surface area contributed by atoms with Crippen LogP contribution in [0.1, 0.15) is 32.1 Å². The van der Waals surface area contributed by atoms with Gasteiger partial charge in [0.2, 0.25) is 11.7 Å². The number of benzene rings is 1. The number of nitrogens with zero attached hydrogens (tertiary/aromatic N) is 3. The summed E-state index contributed by atoms with van der Waals surface area (Å²) < 4.78 is 5.47. The molecule has 126 valence electrons. The molecule has 0 spiro atoms. The van der Waals surface area contributed by atoms with Crippen molar-refractivity contribution < 1.29 is 4.52 Å². The first-order valence-electron chi connectivity index (χ1n) is 8.19. The van der Waals surface area contributed by atoms with Crippen molar-refractivity contribution in [2.45, 2.75) is 38.8 Å². The highest BCUT2D eigenvalue weighted by molar-refractivity contribution is 5.85. The summed E-state index contributed by atoms with van der Waals surface area (Å²) in [6.07, 6.45) is 3.53. The van der Waals surface area contributed by atoms with Gasteiger partial charge in [-0.1, -0.05) is 42.4 Å². The topological polar surface area (TPSA) is 54.2 Å². The molecule has 3 rings (SSSR count). The van der Waals surface area contributed by atoms with E-state index < -0.39 is 0 Å². The fourth-order valence-electron chi connectivity index (χ4n) is 3.05. The molecule has 0 atom stereocenters. The van der Waals surface area contributed by atoms with E-state index in [4.69, 9.17) is 4.52 Å². The van der Waals surface area contributed by atoms with Crippen LogP contribution in [0.25, 0.3) is 11.4 Å². The number of halogens is 1. The Labute approximate surface area is 143 Å². The molecule has 1 aliphatic heterocycles. The molecule has 2 heterocycles. The molecule has 23 heavy (non-hydrogen) atoms. The van der Waals surface area contributed by atoms with Crippen molar-refractivity contribution in [2.75, 3.05) is 19.6 Å². The number of rotatable bonds is 6. The van der Waals surface area contributed by atoms with Gasteiger partial charge in [0.15, 0.2) is 0 Å². The monoisotopic (exact) mass is 336 g/mol. The van der Waals surface area contributed by atoms with Crippen LogP contribution < -0.4 is 5.32 Å². The molecule has 2 aromatic rings. The lowest BCUT2D eigenvalue weighted by molar-refractivity contribution is 0.137. The second-order valence-corrected chi connectivity index (χ2v) is 5.83. The Balaban J connectivity index is 0.00000192. The van der Waals surface area contributed by atoms with E-state index in [0.29, 0.717) is 17.8 Å². The Morgan fingerprint density at radius 1 is 1.22 bits per heavy atom. The van der Waals surface area contributed by atoms with Crippen LogP contribution in [0.5, 0.6) is 0 Å². The molecule has 0 saturated carbocycles. The average molecular weight is 337 g/mol. The third-order valence-electron chi connectivity index (χ3n) is 4.17. The minimum atomic E-state index is 0. The molecule has 0 amide bonds. The quantitative estimate of drug-likeness (QED) is 0.878. The zero-order valence-corrected chi connectivity index (χ0v) is 14.4. The molecule has 0 bridgehead atoms. The second-order valence-electron chi connectivity index (χ2n) is 5.83. The molecular weight excluding hydrogens is 312 g/mol. The molecule has 5 nitrogen and oxygen atoms in total. The molecule has 1 aromatic carbocycles. The van der Waals surface area contributed by atoms with E-state index in [1.165, 1.54) is 12.8 Å². The first-order chi connectivity index (χ1) is 10.9. The van der Waals surface area contributed by atoms with Crippen LogP contribution in [0.2, 0.25) is 0 Å². The van der Waals surface area contributed by atoms with Crippen molar-refractivity contribution in [3.05, 3.63) is 36.2 Å². The number of piperidine rings is 1. The molecule has 1 N–H and O–H groups in total. The lowest BCUT2D eigenvalue weighted by Gasteiger charge is -2.33. The van der Waals surface area contributed by atoms with Gasteiger partial charge in [-0.2, -0.15) is 4.98 Å². The summed E-state index contributed by atoms with van der Waals surface area (Å²) in [6.45, 7) is 6.25. The Hall–Kier alpha value is -1.43. The van der Waals surface area contributed by atoms with E-state index in [1.807, 2.05) is 30.3 Å². The third-order valence-corrected chi connectivity index (χ3v) is 4.17. The lowest BCUT2D eigenvalue weighted by Crippen LogP contribution is -2.43. The maximum atomic E-state index is 5.47. The fraction of sp³-hybridized carbons (Fsp3) is 0.529. The van der Waals surface area contributed by atoms with Crippen LogP contribution in [0.15, 0.2) is 34.9 Å². The van der Waals surface area contributed by atoms with Gasteiger partial charge in [-0.15, -0.1) is 12.4 Å². The molecule has 6 heteroatoms. The largest absolute Gasteiger partial charge is 0.338 e. The van der Waals surface area contributed by atoms with E-state index in [1.54, 1.807) is 0 Å². The van der Waals surface area contributed by atoms with Gasteiger partial charge < -0.3 is 9.84 Å². The van der Waals surface area contributed by atoms with Crippen molar-refractivity contribution in [1.82, 2.24) is 20.4 Å².